The molecular formula is C24H22N4O4S2. The summed E-state index contributed by atoms with van der Waals surface area (Å²) in [6.07, 6.45) is 0. The maximum atomic E-state index is 13.0. The van der Waals surface area contributed by atoms with Crippen molar-refractivity contribution in [3.63, 3.8) is 0 Å². The van der Waals surface area contributed by atoms with Gasteiger partial charge in [-0.3, -0.25) is 14.2 Å². The van der Waals surface area contributed by atoms with Crippen LogP contribution in [-0.2, 0) is 10.0 Å². The molecule has 0 saturated heterocycles. The molecule has 1 aromatic heterocycles. The Morgan fingerprint density at radius 1 is 1.00 bits per heavy atom. The molecule has 3 aromatic carbocycles. The number of carbonyl (C=O) groups excluding carboxylic acids is 1. The zero-order valence-corrected chi connectivity index (χ0v) is 20.0. The molecule has 0 saturated carbocycles. The Morgan fingerprint density at radius 3 is 2.32 bits per heavy atom. The Hall–Kier alpha value is -3.60. The highest BCUT2D eigenvalue weighted by Crippen LogP contribution is 2.17. The first-order chi connectivity index (χ1) is 16.2. The molecule has 0 radical (unpaired) electrons. The largest absolute Gasteiger partial charge is 0.331 e. The predicted molar refractivity (Wildman–Crippen MR) is 135 cm³/mol. The number of aromatic nitrogens is 2. The van der Waals surface area contributed by atoms with Crippen LogP contribution in [0.25, 0.3) is 16.6 Å². The quantitative estimate of drug-likeness (QED) is 0.351. The average molecular weight is 495 g/mol. The van der Waals surface area contributed by atoms with Crippen molar-refractivity contribution in [1.82, 2.24) is 14.3 Å². The molecule has 0 aliphatic rings. The number of rotatable bonds is 6. The number of hydrogen-bond donors (Lipinski definition) is 3. The Bertz CT molecular complexity index is 1590. The van der Waals surface area contributed by atoms with Gasteiger partial charge in [-0.15, -0.1) is 0 Å². The fourth-order valence-electron chi connectivity index (χ4n) is 3.47. The molecule has 0 fully saturated rings. The molecule has 8 nitrogen and oxygen atoms in total. The van der Waals surface area contributed by atoms with Crippen LogP contribution in [-0.4, -0.2) is 29.9 Å². The minimum Gasteiger partial charge on any atom is -0.331 e. The second-order valence-corrected chi connectivity index (χ2v) is 10.0. The number of sulfonamides is 1. The Morgan fingerprint density at radius 2 is 1.68 bits per heavy atom. The molecule has 1 heterocycles. The highest BCUT2D eigenvalue weighted by Gasteiger charge is 2.16. The van der Waals surface area contributed by atoms with Gasteiger partial charge in [-0.1, -0.05) is 18.2 Å². The molecule has 0 aliphatic carbocycles. The molecule has 3 N–H and O–H groups in total. The van der Waals surface area contributed by atoms with Gasteiger partial charge in [0.2, 0.25) is 10.0 Å². The van der Waals surface area contributed by atoms with Crippen molar-refractivity contribution in [2.45, 2.75) is 24.8 Å². The van der Waals surface area contributed by atoms with Gasteiger partial charge in [-0.05, 0) is 80.7 Å². The smallest absolute Gasteiger partial charge is 0.266 e. The zero-order valence-electron chi connectivity index (χ0n) is 18.4. The number of fused-ring (bicyclic) bond motifs is 1. The summed E-state index contributed by atoms with van der Waals surface area (Å²) in [5, 5.41) is 3.12. The van der Waals surface area contributed by atoms with E-state index in [9.17, 15) is 18.0 Å². The number of nitrogens with zero attached hydrogens (tertiary/aromatic N) is 1. The van der Waals surface area contributed by atoms with Crippen LogP contribution in [0.15, 0.2) is 82.5 Å². The van der Waals surface area contributed by atoms with Gasteiger partial charge in [0.25, 0.3) is 11.5 Å². The van der Waals surface area contributed by atoms with Gasteiger partial charge in [0, 0.05) is 17.3 Å². The first-order valence-corrected chi connectivity index (χ1v) is 12.3. The maximum Gasteiger partial charge on any atom is 0.266 e. The van der Waals surface area contributed by atoms with Gasteiger partial charge in [-0.2, -0.15) is 0 Å². The van der Waals surface area contributed by atoms with Crippen LogP contribution >= 0.6 is 12.2 Å². The van der Waals surface area contributed by atoms with E-state index in [2.05, 4.69) is 15.0 Å². The maximum absolute atomic E-state index is 13.0. The normalized spacial score (nSPS) is 11.6. The van der Waals surface area contributed by atoms with E-state index in [0.29, 0.717) is 27.8 Å². The molecule has 0 spiro atoms. The van der Waals surface area contributed by atoms with Crippen LogP contribution in [0, 0.1) is 4.77 Å². The molecule has 4 rings (SSSR count). The summed E-state index contributed by atoms with van der Waals surface area (Å²) in [6.45, 7) is 3.47. The van der Waals surface area contributed by atoms with E-state index < -0.39 is 15.9 Å². The molecule has 0 bridgehead atoms. The standard InChI is InChI=1S/C24H22N4O4S2/c1-15(2)27-34(31,32)19-11-9-17(10-12-19)25-22(29)16-8-13-20-21(14-16)26-24(33)28(23(20)30)18-6-4-3-5-7-18/h3-15,27H,1-2H3,(H,25,29)(H,26,33). The van der Waals surface area contributed by atoms with Gasteiger partial charge in [0.1, 0.15) is 0 Å². The molecule has 4 aromatic rings. The van der Waals surface area contributed by atoms with Gasteiger partial charge in [0.15, 0.2) is 4.77 Å². The second-order valence-electron chi connectivity index (χ2n) is 7.92. The lowest BCUT2D eigenvalue weighted by atomic mass is 10.1. The summed E-state index contributed by atoms with van der Waals surface area (Å²) in [5.41, 5.74) is 1.54. The lowest BCUT2D eigenvalue weighted by Crippen LogP contribution is -2.30. The summed E-state index contributed by atoms with van der Waals surface area (Å²) < 4.78 is 28.6. The number of benzene rings is 3. The Kier molecular flexibility index (Phi) is 6.47. The van der Waals surface area contributed by atoms with Gasteiger partial charge >= 0.3 is 0 Å². The molecule has 1 amide bonds. The number of amides is 1. The third-order valence-electron chi connectivity index (χ3n) is 4.99. The lowest BCUT2D eigenvalue weighted by Gasteiger charge is -2.11. The fraction of sp³-hybridized carbons (Fsp3) is 0.125. The lowest BCUT2D eigenvalue weighted by molar-refractivity contribution is 0.102. The van der Waals surface area contributed by atoms with Crippen LogP contribution in [0.5, 0.6) is 0 Å². The van der Waals surface area contributed by atoms with Gasteiger partial charge < -0.3 is 10.3 Å². The number of para-hydroxylation sites is 1. The summed E-state index contributed by atoms with van der Waals surface area (Å²) >= 11 is 5.38. The van der Waals surface area contributed by atoms with Crippen molar-refractivity contribution in [3.05, 3.63) is 93.5 Å². The average Bonchev–Trinajstić information content (AvgIpc) is 2.79. The first-order valence-electron chi connectivity index (χ1n) is 10.4. The third-order valence-corrected chi connectivity index (χ3v) is 6.95. The van der Waals surface area contributed by atoms with Gasteiger partial charge in [0.05, 0.1) is 21.5 Å². The number of nitrogens with one attached hydrogen (secondary N) is 3. The summed E-state index contributed by atoms with van der Waals surface area (Å²) in [5.74, 6) is -0.413. The van der Waals surface area contributed by atoms with Gasteiger partial charge in [-0.25, -0.2) is 13.1 Å². The van der Waals surface area contributed by atoms with Crippen molar-refractivity contribution < 1.29 is 13.2 Å². The van der Waals surface area contributed by atoms with E-state index in [1.165, 1.54) is 28.8 Å². The molecule has 10 heteroatoms. The van der Waals surface area contributed by atoms with E-state index in [1.807, 2.05) is 18.2 Å². The number of carbonyl (C=O) groups is 1. The van der Waals surface area contributed by atoms with Crippen LogP contribution < -0.4 is 15.6 Å². The number of H-pyrrole nitrogens is 1. The monoisotopic (exact) mass is 494 g/mol. The molecule has 174 valence electrons. The van der Waals surface area contributed by atoms with Crippen molar-refractivity contribution in [2.24, 2.45) is 0 Å². The SMILES string of the molecule is CC(C)NS(=O)(=O)c1ccc(NC(=O)c2ccc3c(=O)n(-c4ccccc4)c(=S)[nH]c3c2)cc1. The topological polar surface area (TPSA) is 113 Å². The Balaban J connectivity index is 1.60. The van der Waals surface area contributed by atoms with E-state index in [4.69, 9.17) is 12.2 Å². The number of aromatic amines is 1. The van der Waals surface area contributed by atoms with E-state index in [0.717, 1.165) is 0 Å². The van der Waals surface area contributed by atoms with Crippen molar-refractivity contribution in [2.75, 3.05) is 5.32 Å². The molecule has 0 aliphatic heterocycles. The second kappa shape index (κ2) is 9.34. The van der Waals surface area contributed by atoms with Crippen molar-refractivity contribution in [1.29, 1.82) is 0 Å². The summed E-state index contributed by atoms with van der Waals surface area (Å²) in [4.78, 5) is 28.9. The van der Waals surface area contributed by atoms with Crippen LogP contribution in [0.3, 0.4) is 0 Å². The van der Waals surface area contributed by atoms with Crippen LogP contribution in [0.1, 0.15) is 24.2 Å². The molecule has 0 atom stereocenters. The zero-order chi connectivity index (χ0) is 24.5. The van der Waals surface area contributed by atoms with E-state index >= 15 is 0 Å². The molecular weight excluding hydrogens is 472 g/mol. The van der Waals surface area contributed by atoms with E-state index in [-0.39, 0.29) is 21.3 Å². The van der Waals surface area contributed by atoms with Crippen molar-refractivity contribution >= 4 is 44.7 Å². The first kappa shape index (κ1) is 23.6. The van der Waals surface area contributed by atoms with Crippen molar-refractivity contribution in [3.8, 4) is 5.69 Å². The van der Waals surface area contributed by atoms with Crippen LogP contribution in [0.4, 0.5) is 5.69 Å². The number of anilines is 1. The highest BCUT2D eigenvalue weighted by molar-refractivity contribution is 7.89. The van der Waals surface area contributed by atoms with Crippen LogP contribution in [0.2, 0.25) is 0 Å². The highest BCUT2D eigenvalue weighted by atomic mass is 32.2. The minimum atomic E-state index is -3.62. The summed E-state index contributed by atoms with van der Waals surface area (Å²) in [6, 6.07) is 19.4. The molecule has 34 heavy (non-hydrogen) atoms. The Labute approximate surface area is 201 Å². The third kappa shape index (κ3) is 4.84. The fourth-order valence-corrected chi connectivity index (χ4v) is 5.02. The minimum absolute atomic E-state index is 0.104. The predicted octanol–water partition coefficient (Wildman–Crippen LogP) is 3.99. The van der Waals surface area contributed by atoms with E-state index in [1.54, 1.807) is 44.2 Å². The molecule has 0 unspecified atom stereocenters. The summed E-state index contributed by atoms with van der Waals surface area (Å²) in [7, 11) is -3.62. The number of hydrogen-bond acceptors (Lipinski definition) is 5.